The van der Waals surface area contributed by atoms with Crippen molar-refractivity contribution >= 4 is 23.0 Å². The van der Waals surface area contributed by atoms with Gasteiger partial charge in [0.05, 0.1) is 11.3 Å². The molecule has 176 valence electrons. The van der Waals surface area contributed by atoms with Crippen molar-refractivity contribution in [3.63, 3.8) is 0 Å². The van der Waals surface area contributed by atoms with Crippen LogP contribution < -0.4 is 10.2 Å². The van der Waals surface area contributed by atoms with Crippen molar-refractivity contribution in [2.24, 2.45) is 11.8 Å². The molecule has 4 heteroatoms. The second-order valence-electron chi connectivity index (χ2n) is 9.88. The van der Waals surface area contributed by atoms with Crippen LogP contribution in [0, 0.1) is 11.8 Å². The third-order valence-electron chi connectivity index (χ3n) is 7.69. The number of fused-ring (bicyclic) bond motifs is 1. The minimum absolute atomic E-state index is 0.276. The second kappa shape index (κ2) is 10.3. The molecule has 2 fully saturated rings. The van der Waals surface area contributed by atoms with Crippen molar-refractivity contribution in [1.82, 2.24) is 0 Å². The maximum atomic E-state index is 11.4. The first kappa shape index (κ1) is 22.5. The molecule has 34 heavy (non-hydrogen) atoms. The molecule has 0 amide bonds. The van der Waals surface area contributed by atoms with Crippen LogP contribution in [0.25, 0.3) is 0 Å². The van der Waals surface area contributed by atoms with Gasteiger partial charge in [0.1, 0.15) is 0 Å². The number of piperidine rings is 1. The van der Waals surface area contributed by atoms with Gasteiger partial charge in [0, 0.05) is 24.5 Å². The number of hydrogen-bond acceptors (Lipinski definition) is 3. The van der Waals surface area contributed by atoms with Gasteiger partial charge in [0.15, 0.2) is 0 Å². The highest BCUT2D eigenvalue weighted by atomic mass is 16.4. The fraction of sp³-hybridized carbons (Fsp3) is 0.367. The Morgan fingerprint density at radius 3 is 2.18 bits per heavy atom. The smallest absolute Gasteiger partial charge is 0.337 e. The van der Waals surface area contributed by atoms with E-state index in [2.05, 4.69) is 46.6 Å². The number of benzene rings is 3. The van der Waals surface area contributed by atoms with Crippen LogP contribution in [0.1, 0.15) is 53.6 Å². The zero-order chi connectivity index (χ0) is 23.3. The number of hydrogen-bond donors (Lipinski definition) is 2. The third kappa shape index (κ3) is 5.27. The molecular weight excluding hydrogens is 420 g/mol. The van der Waals surface area contributed by atoms with Crippen LogP contribution in [-0.2, 0) is 12.8 Å². The topological polar surface area (TPSA) is 52.6 Å². The molecule has 1 aliphatic heterocycles. The molecule has 2 aliphatic rings. The summed E-state index contributed by atoms with van der Waals surface area (Å²) in [4.78, 5) is 14.0. The summed E-state index contributed by atoms with van der Waals surface area (Å²) in [6.07, 6.45) is 9.08. The maximum Gasteiger partial charge on any atom is 0.337 e. The molecule has 0 unspecified atom stereocenters. The van der Waals surface area contributed by atoms with Gasteiger partial charge in [0.25, 0.3) is 0 Å². The van der Waals surface area contributed by atoms with Crippen molar-refractivity contribution in [3.8, 4) is 0 Å². The van der Waals surface area contributed by atoms with Crippen LogP contribution in [0.3, 0.4) is 0 Å². The molecule has 2 atom stereocenters. The van der Waals surface area contributed by atoms with Crippen LogP contribution in [0.15, 0.2) is 72.8 Å². The van der Waals surface area contributed by atoms with E-state index in [0.29, 0.717) is 5.69 Å². The first-order chi connectivity index (χ1) is 16.7. The monoisotopic (exact) mass is 454 g/mol. The molecule has 0 radical (unpaired) electrons. The summed E-state index contributed by atoms with van der Waals surface area (Å²) in [7, 11) is 0. The first-order valence-corrected chi connectivity index (χ1v) is 12.7. The van der Waals surface area contributed by atoms with Crippen LogP contribution in [0.5, 0.6) is 0 Å². The molecule has 0 aromatic heterocycles. The van der Waals surface area contributed by atoms with Gasteiger partial charge in [-0.3, -0.25) is 0 Å². The van der Waals surface area contributed by atoms with E-state index in [1.54, 1.807) is 18.2 Å². The van der Waals surface area contributed by atoms with E-state index in [4.69, 9.17) is 0 Å². The molecule has 2 N–H and O–H groups in total. The zero-order valence-electron chi connectivity index (χ0n) is 19.7. The number of rotatable bonds is 7. The van der Waals surface area contributed by atoms with Crippen LogP contribution >= 0.6 is 0 Å². The summed E-state index contributed by atoms with van der Waals surface area (Å²) in [5.41, 5.74) is 5.80. The van der Waals surface area contributed by atoms with Gasteiger partial charge in [-0.05, 0) is 85.0 Å². The van der Waals surface area contributed by atoms with Crippen LogP contribution in [0.4, 0.5) is 17.1 Å². The summed E-state index contributed by atoms with van der Waals surface area (Å²) in [5.74, 6) is 0.944. The molecule has 3 aromatic carbocycles. The van der Waals surface area contributed by atoms with Crippen LogP contribution in [0.2, 0.25) is 0 Å². The average Bonchev–Trinajstić information content (AvgIpc) is 2.88. The maximum absolute atomic E-state index is 11.4. The Balaban J connectivity index is 1.15. The molecule has 5 rings (SSSR count). The molecule has 0 spiro atoms. The molecule has 1 saturated heterocycles. The molecule has 1 aliphatic carbocycles. The normalized spacial score (nSPS) is 19.9. The van der Waals surface area contributed by atoms with Gasteiger partial charge in [-0.2, -0.15) is 0 Å². The van der Waals surface area contributed by atoms with E-state index in [1.165, 1.54) is 62.0 Å². The van der Waals surface area contributed by atoms with E-state index in [0.717, 1.165) is 30.4 Å². The molecule has 0 bridgehead atoms. The van der Waals surface area contributed by atoms with E-state index in [1.807, 2.05) is 18.2 Å². The quantitative estimate of drug-likeness (QED) is 0.406. The fourth-order valence-electron chi connectivity index (χ4n) is 5.69. The number of nitrogens with zero attached hydrogens (tertiary/aromatic N) is 1. The standard InChI is InChI=1S/C30H34N2O2/c33-30(34)28-7-3-4-8-29(28)31-26-15-11-22(12-16-26)9-10-23-13-17-27(18-14-23)32-20-19-24-5-1-2-6-25(24)21-32/h3-4,7-8,11-18,24-25,31H,1-2,5-6,9-10,19-21H2,(H,33,34)/t24-,25-/m0/s1. The van der Waals surface area contributed by atoms with Crippen molar-refractivity contribution in [2.45, 2.75) is 44.9 Å². The number of carboxylic acid groups (broad SMARTS) is 1. The Labute approximate surface area is 202 Å². The minimum Gasteiger partial charge on any atom is -0.478 e. The van der Waals surface area contributed by atoms with Crippen molar-refractivity contribution in [2.75, 3.05) is 23.3 Å². The van der Waals surface area contributed by atoms with E-state index < -0.39 is 5.97 Å². The van der Waals surface area contributed by atoms with E-state index in [9.17, 15) is 9.90 Å². The predicted molar refractivity (Wildman–Crippen MR) is 139 cm³/mol. The van der Waals surface area contributed by atoms with Crippen molar-refractivity contribution in [1.29, 1.82) is 0 Å². The molecule has 3 aromatic rings. The number of para-hydroxylation sites is 1. The largest absolute Gasteiger partial charge is 0.478 e. The number of aromatic carboxylic acids is 1. The lowest BCUT2D eigenvalue weighted by Crippen LogP contribution is -2.41. The van der Waals surface area contributed by atoms with Crippen molar-refractivity contribution < 1.29 is 9.90 Å². The Kier molecular flexibility index (Phi) is 6.84. The van der Waals surface area contributed by atoms with Crippen molar-refractivity contribution in [3.05, 3.63) is 89.5 Å². The second-order valence-corrected chi connectivity index (χ2v) is 9.88. The lowest BCUT2D eigenvalue weighted by molar-refractivity contribution is 0.0698. The Bertz CT molecular complexity index is 1110. The Morgan fingerprint density at radius 2 is 1.47 bits per heavy atom. The highest BCUT2D eigenvalue weighted by molar-refractivity contribution is 5.95. The number of aryl methyl sites for hydroxylation is 2. The highest BCUT2D eigenvalue weighted by Gasteiger charge is 2.31. The van der Waals surface area contributed by atoms with Gasteiger partial charge in [-0.1, -0.05) is 55.7 Å². The summed E-state index contributed by atoms with van der Waals surface area (Å²) < 4.78 is 0. The highest BCUT2D eigenvalue weighted by Crippen LogP contribution is 2.37. The molecule has 4 nitrogen and oxygen atoms in total. The SMILES string of the molecule is O=C(O)c1ccccc1Nc1ccc(CCc2ccc(N3CC[C@@H]4CCCC[C@H]4C3)cc2)cc1. The van der Waals surface area contributed by atoms with Gasteiger partial charge in [-0.25, -0.2) is 4.79 Å². The fourth-order valence-corrected chi connectivity index (χ4v) is 5.69. The van der Waals surface area contributed by atoms with Gasteiger partial charge in [-0.15, -0.1) is 0 Å². The predicted octanol–water partition coefficient (Wildman–Crippen LogP) is 6.93. The summed E-state index contributed by atoms with van der Waals surface area (Å²) >= 11 is 0. The number of anilines is 3. The number of nitrogens with one attached hydrogen (secondary N) is 1. The lowest BCUT2D eigenvalue weighted by Gasteiger charge is -2.42. The van der Waals surface area contributed by atoms with Gasteiger partial charge < -0.3 is 15.3 Å². The zero-order valence-corrected chi connectivity index (χ0v) is 19.7. The number of carboxylic acids is 1. The van der Waals surface area contributed by atoms with Gasteiger partial charge >= 0.3 is 5.97 Å². The minimum atomic E-state index is -0.927. The molecule has 1 heterocycles. The van der Waals surface area contributed by atoms with Gasteiger partial charge in [0.2, 0.25) is 0 Å². The number of carbonyl (C=O) groups is 1. The Hall–Kier alpha value is -3.27. The first-order valence-electron chi connectivity index (χ1n) is 12.7. The van der Waals surface area contributed by atoms with Crippen LogP contribution in [-0.4, -0.2) is 24.2 Å². The molecular formula is C30H34N2O2. The average molecular weight is 455 g/mol. The van der Waals surface area contributed by atoms with E-state index in [-0.39, 0.29) is 5.56 Å². The summed E-state index contributed by atoms with van der Waals surface area (Å²) in [6, 6.07) is 24.5. The summed E-state index contributed by atoms with van der Waals surface area (Å²) in [6.45, 7) is 2.44. The Morgan fingerprint density at radius 1 is 0.824 bits per heavy atom. The van der Waals surface area contributed by atoms with E-state index >= 15 is 0 Å². The third-order valence-corrected chi connectivity index (χ3v) is 7.69. The lowest BCUT2D eigenvalue weighted by atomic mass is 9.75. The summed E-state index contributed by atoms with van der Waals surface area (Å²) in [5, 5.41) is 12.6. The molecule has 1 saturated carbocycles.